The standard InChI is InChI=1S/C14H18N4O3S2/c1-4-15-13-17-18-14(23-13)22-8-12(19)16-10-6-5-9(20-2)7-11(10)21-3/h5-7H,4,8H2,1-3H3,(H,15,17)(H,16,19). The molecule has 0 aliphatic rings. The zero-order valence-electron chi connectivity index (χ0n) is 13.1. The van der Waals surface area contributed by atoms with E-state index in [0.29, 0.717) is 17.2 Å². The molecule has 1 amide bonds. The maximum absolute atomic E-state index is 12.1. The molecule has 1 heterocycles. The van der Waals surface area contributed by atoms with Crippen molar-refractivity contribution in [3.05, 3.63) is 18.2 Å². The van der Waals surface area contributed by atoms with Crippen molar-refractivity contribution in [2.45, 2.75) is 11.3 Å². The van der Waals surface area contributed by atoms with Gasteiger partial charge in [-0.3, -0.25) is 4.79 Å². The van der Waals surface area contributed by atoms with Crippen LogP contribution in [0.25, 0.3) is 0 Å². The number of nitrogens with zero attached hydrogens (tertiary/aromatic N) is 2. The molecule has 23 heavy (non-hydrogen) atoms. The van der Waals surface area contributed by atoms with Gasteiger partial charge in [-0.1, -0.05) is 23.1 Å². The van der Waals surface area contributed by atoms with E-state index in [-0.39, 0.29) is 11.7 Å². The molecule has 2 aromatic rings. The monoisotopic (exact) mass is 354 g/mol. The van der Waals surface area contributed by atoms with Gasteiger partial charge in [0.05, 0.1) is 25.7 Å². The molecule has 2 rings (SSSR count). The maximum Gasteiger partial charge on any atom is 0.234 e. The Kier molecular flexibility index (Phi) is 6.48. The first kappa shape index (κ1) is 17.4. The zero-order chi connectivity index (χ0) is 16.7. The Morgan fingerprint density at radius 2 is 2.13 bits per heavy atom. The summed E-state index contributed by atoms with van der Waals surface area (Å²) in [5, 5.41) is 14.7. The molecule has 124 valence electrons. The van der Waals surface area contributed by atoms with Crippen LogP contribution in [0.15, 0.2) is 22.5 Å². The highest BCUT2D eigenvalue weighted by molar-refractivity contribution is 8.01. The number of hydrogen-bond donors (Lipinski definition) is 2. The minimum absolute atomic E-state index is 0.140. The number of amides is 1. The summed E-state index contributed by atoms with van der Waals surface area (Å²) in [6.07, 6.45) is 0. The number of aromatic nitrogens is 2. The van der Waals surface area contributed by atoms with Crippen molar-refractivity contribution in [1.82, 2.24) is 10.2 Å². The summed E-state index contributed by atoms with van der Waals surface area (Å²) in [4.78, 5) is 12.1. The van der Waals surface area contributed by atoms with Gasteiger partial charge in [0.1, 0.15) is 11.5 Å². The van der Waals surface area contributed by atoms with Gasteiger partial charge in [0.2, 0.25) is 11.0 Å². The third-order valence-electron chi connectivity index (χ3n) is 2.74. The number of methoxy groups -OCH3 is 2. The number of carbonyl (C=O) groups is 1. The van der Waals surface area contributed by atoms with Crippen LogP contribution >= 0.6 is 23.1 Å². The molecule has 0 aliphatic carbocycles. The van der Waals surface area contributed by atoms with Crippen LogP contribution < -0.4 is 20.1 Å². The molecule has 0 saturated carbocycles. The predicted molar refractivity (Wildman–Crippen MR) is 93.0 cm³/mol. The molecule has 2 N–H and O–H groups in total. The average Bonchev–Trinajstić information content (AvgIpc) is 3.01. The minimum atomic E-state index is -0.140. The molecular weight excluding hydrogens is 336 g/mol. The van der Waals surface area contributed by atoms with Gasteiger partial charge in [0.25, 0.3) is 0 Å². The first-order valence-electron chi connectivity index (χ1n) is 6.88. The van der Waals surface area contributed by atoms with Crippen molar-refractivity contribution in [3.63, 3.8) is 0 Å². The van der Waals surface area contributed by atoms with Gasteiger partial charge < -0.3 is 20.1 Å². The van der Waals surface area contributed by atoms with E-state index < -0.39 is 0 Å². The number of ether oxygens (including phenoxy) is 2. The minimum Gasteiger partial charge on any atom is -0.497 e. The number of anilines is 2. The Hall–Kier alpha value is -2.00. The van der Waals surface area contributed by atoms with Crippen LogP contribution in [0.5, 0.6) is 11.5 Å². The molecule has 9 heteroatoms. The van der Waals surface area contributed by atoms with Gasteiger partial charge >= 0.3 is 0 Å². The van der Waals surface area contributed by atoms with Crippen molar-refractivity contribution in [2.24, 2.45) is 0 Å². The average molecular weight is 354 g/mol. The summed E-state index contributed by atoms with van der Waals surface area (Å²) >= 11 is 2.77. The van der Waals surface area contributed by atoms with E-state index >= 15 is 0 Å². The van der Waals surface area contributed by atoms with Gasteiger partial charge in [0.15, 0.2) is 4.34 Å². The lowest BCUT2D eigenvalue weighted by Crippen LogP contribution is -2.14. The first-order chi connectivity index (χ1) is 11.2. The van der Waals surface area contributed by atoms with Crippen molar-refractivity contribution < 1.29 is 14.3 Å². The second-order valence-corrected chi connectivity index (χ2v) is 6.51. The quantitative estimate of drug-likeness (QED) is 0.705. The van der Waals surface area contributed by atoms with Crippen molar-refractivity contribution in [1.29, 1.82) is 0 Å². The fraction of sp³-hybridized carbons (Fsp3) is 0.357. The largest absolute Gasteiger partial charge is 0.497 e. The molecule has 0 spiro atoms. The second kappa shape index (κ2) is 8.59. The maximum atomic E-state index is 12.1. The number of hydrogen-bond acceptors (Lipinski definition) is 8. The van der Waals surface area contributed by atoms with Gasteiger partial charge in [-0.15, -0.1) is 10.2 Å². The summed E-state index contributed by atoms with van der Waals surface area (Å²) in [5.41, 5.74) is 0.601. The highest BCUT2D eigenvalue weighted by Gasteiger charge is 2.11. The molecule has 7 nitrogen and oxygen atoms in total. The molecule has 0 aliphatic heterocycles. The molecule has 1 aromatic heterocycles. The molecule has 0 fully saturated rings. The van der Waals surface area contributed by atoms with E-state index in [4.69, 9.17) is 9.47 Å². The molecule has 0 saturated heterocycles. The van der Waals surface area contributed by atoms with Crippen molar-refractivity contribution in [2.75, 3.05) is 37.2 Å². The molecule has 0 unspecified atom stereocenters. The summed E-state index contributed by atoms with van der Waals surface area (Å²) in [5.74, 6) is 1.32. The Labute approximate surface area is 142 Å². The molecule has 0 bridgehead atoms. The highest BCUT2D eigenvalue weighted by Crippen LogP contribution is 2.30. The lowest BCUT2D eigenvalue weighted by molar-refractivity contribution is -0.113. The Morgan fingerprint density at radius 1 is 1.30 bits per heavy atom. The number of carbonyl (C=O) groups excluding carboxylic acids is 1. The topological polar surface area (TPSA) is 85.4 Å². The van der Waals surface area contributed by atoms with Crippen molar-refractivity contribution in [3.8, 4) is 11.5 Å². The zero-order valence-corrected chi connectivity index (χ0v) is 14.7. The van der Waals surface area contributed by atoms with E-state index in [1.165, 1.54) is 23.1 Å². The number of nitrogens with one attached hydrogen (secondary N) is 2. The molecule has 0 radical (unpaired) electrons. The summed E-state index contributed by atoms with van der Waals surface area (Å²) in [6, 6.07) is 5.23. The molecule has 1 aromatic carbocycles. The van der Waals surface area contributed by atoms with Crippen LogP contribution in [-0.4, -0.2) is 42.6 Å². The van der Waals surface area contributed by atoms with E-state index in [0.717, 1.165) is 16.0 Å². The van der Waals surface area contributed by atoms with E-state index in [9.17, 15) is 4.79 Å². The van der Waals surface area contributed by atoms with E-state index in [1.54, 1.807) is 32.4 Å². The summed E-state index contributed by atoms with van der Waals surface area (Å²) in [6.45, 7) is 2.78. The Balaban J connectivity index is 1.91. The van der Waals surface area contributed by atoms with Gasteiger partial charge in [-0.05, 0) is 19.1 Å². The Bertz CT molecular complexity index is 663. The van der Waals surface area contributed by atoms with E-state index in [1.807, 2.05) is 6.92 Å². The van der Waals surface area contributed by atoms with Crippen LogP contribution in [0.1, 0.15) is 6.92 Å². The normalized spacial score (nSPS) is 10.2. The van der Waals surface area contributed by atoms with Crippen LogP contribution in [0, 0.1) is 0 Å². The number of thioether (sulfide) groups is 1. The lowest BCUT2D eigenvalue weighted by atomic mass is 10.2. The Morgan fingerprint density at radius 3 is 2.83 bits per heavy atom. The van der Waals surface area contributed by atoms with Crippen LogP contribution in [0.3, 0.4) is 0 Å². The number of rotatable bonds is 8. The summed E-state index contributed by atoms with van der Waals surface area (Å²) in [7, 11) is 3.12. The fourth-order valence-corrected chi connectivity index (χ4v) is 3.33. The molecular formula is C14H18N4O3S2. The molecule has 0 atom stereocenters. The van der Waals surface area contributed by atoms with Gasteiger partial charge in [-0.2, -0.15) is 0 Å². The second-order valence-electron chi connectivity index (χ2n) is 4.31. The van der Waals surface area contributed by atoms with Crippen molar-refractivity contribution >= 4 is 39.8 Å². The highest BCUT2D eigenvalue weighted by atomic mass is 32.2. The fourth-order valence-electron chi connectivity index (χ4n) is 1.71. The third-order valence-corrected chi connectivity index (χ3v) is 4.76. The van der Waals surface area contributed by atoms with E-state index in [2.05, 4.69) is 20.8 Å². The predicted octanol–water partition coefficient (Wildman–Crippen LogP) is 2.72. The lowest BCUT2D eigenvalue weighted by Gasteiger charge is -2.11. The summed E-state index contributed by atoms with van der Waals surface area (Å²) < 4.78 is 11.1. The number of benzene rings is 1. The van der Waals surface area contributed by atoms with Gasteiger partial charge in [0, 0.05) is 12.6 Å². The third kappa shape index (κ3) is 5.00. The van der Waals surface area contributed by atoms with Crippen LogP contribution in [0.4, 0.5) is 10.8 Å². The van der Waals surface area contributed by atoms with Crippen LogP contribution in [-0.2, 0) is 4.79 Å². The van der Waals surface area contributed by atoms with Gasteiger partial charge in [-0.25, -0.2) is 0 Å². The van der Waals surface area contributed by atoms with Crippen LogP contribution in [0.2, 0.25) is 0 Å². The SMILES string of the molecule is CCNc1nnc(SCC(=O)Nc2ccc(OC)cc2OC)s1. The smallest absolute Gasteiger partial charge is 0.234 e. The first-order valence-corrected chi connectivity index (χ1v) is 8.68.